The lowest BCUT2D eigenvalue weighted by Gasteiger charge is -2.31. The van der Waals surface area contributed by atoms with Crippen LogP contribution in [0, 0.1) is 5.41 Å². The lowest BCUT2D eigenvalue weighted by atomic mass is 9.92. The van der Waals surface area contributed by atoms with Gasteiger partial charge in [0.05, 0.1) is 25.7 Å². The van der Waals surface area contributed by atoms with Gasteiger partial charge < -0.3 is 56.8 Å². The SMILES string of the molecule is O=C(CCSCCC1COC(=O)O1)OCC(COC(=O)CCSCCC1COC(=O)O1)(COC(=O)CCSCCC1COC(=O)O1)COC(=O)CCSCCC1COC(=O)O1. The Kier molecular flexibility index (Phi) is 23.1. The molecule has 4 heterocycles. The summed E-state index contributed by atoms with van der Waals surface area (Å²) in [5, 5.41) is 0. The molecule has 4 aliphatic rings. The van der Waals surface area contributed by atoms with Crippen molar-refractivity contribution in [1.29, 1.82) is 0 Å². The topological polar surface area (TPSA) is 247 Å². The van der Waals surface area contributed by atoms with Gasteiger partial charge >= 0.3 is 48.5 Å². The van der Waals surface area contributed by atoms with Crippen LogP contribution in [0.25, 0.3) is 0 Å². The maximum absolute atomic E-state index is 13.0. The van der Waals surface area contributed by atoms with Crippen molar-refractivity contribution in [3.05, 3.63) is 0 Å². The zero-order chi connectivity index (χ0) is 43.7. The number of carbonyl (C=O) groups is 8. The van der Waals surface area contributed by atoms with Crippen molar-refractivity contribution in [2.24, 2.45) is 5.41 Å². The van der Waals surface area contributed by atoms with Gasteiger partial charge in [0.1, 0.15) is 82.7 Å². The van der Waals surface area contributed by atoms with E-state index in [1.165, 1.54) is 47.0 Å². The van der Waals surface area contributed by atoms with E-state index in [1.807, 2.05) is 0 Å². The second-order valence-electron chi connectivity index (χ2n) is 14.0. The summed E-state index contributed by atoms with van der Waals surface area (Å²) in [6.07, 6.45) is -1.95. The predicted molar refractivity (Wildman–Crippen MR) is 217 cm³/mol. The van der Waals surface area contributed by atoms with E-state index < -0.39 is 80.3 Å². The molecular formula is C37H52O20S4. The van der Waals surface area contributed by atoms with Gasteiger partial charge in [-0.1, -0.05) is 0 Å². The minimum Gasteiger partial charge on any atom is -0.465 e. The first-order chi connectivity index (χ1) is 29.5. The monoisotopic (exact) mass is 944 g/mol. The lowest BCUT2D eigenvalue weighted by molar-refractivity contribution is -0.170. The number of rotatable bonds is 32. The highest BCUT2D eigenvalue weighted by Crippen LogP contribution is 2.24. The molecule has 0 spiro atoms. The Morgan fingerprint density at radius 2 is 0.639 bits per heavy atom. The van der Waals surface area contributed by atoms with Gasteiger partial charge in [0.2, 0.25) is 0 Å². The molecule has 4 atom stereocenters. The summed E-state index contributed by atoms with van der Waals surface area (Å²) in [6, 6.07) is 0. The van der Waals surface area contributed by atoms with E-state index in [2.05, 4.69) is 0 Å². The second-order valence-corrected chi connectivity index (χ2v) is 18.8. The number of ether oxygens (including phenoxy) is 12. The molecule has 0 saturated carbocycles. The molecule has 4 fully saturated rings. The predicted octanol–water partition coefficient (Wildman–Crippen LogP) is 4.34. The first-order valence-corrected chi connectivity index (χ1v) is 24.4. The highest BCUT2D eigenvalue weighted by Gasteiger charge is 2.38. The molecule has 20 nitrogen and oxygen atoms in total. The molecule has 0 aliphatic carbocycles. The van der Waals surface area contributed by atoms with E-state index in [1.54, 1.807) is 0 Å². The summed E-state index contributed by atoms with van der Waals surface area (Å²) < 4.78 is 61.8. The van der Waals surface area contributed by atoms with Crippen molar-refractivity contribution in [3.63, 3.8) is 0 Å². The Morgan fingerprint density at radius 3 is 0.836 bits per heavy atom. The van der Waals surface area contributed by atoms with Crippen LogP contribution in [0.15, 0.2) is 0 Å². The van der Waals surface area contributed by atoms with Gasteiger partial charge in [0.25, 0.3) is 0 Å². The lowest BCUT2D eigenvalue weighted by Crippen LogP contribution is -2.44. The Hall–Kier alpha value is -3.64. The van der Waals surface area contributed by atoms with Crippen LogP contribution in [-0.2, 0) is 76.0 Å². The fourth-order valence-electron chi connectivity index (χ4n) is 5.39. The van der Waals surface area contributed by atoms with E-state index in [9.17, 15) is 38.4 Å². The van der Waals surface area contributed by atoms with Crippen LogP contribution in [-0.4, -0.2) is 172 Å². The van der Waals surface area contributed by atoms with Gasteiger partial charge in [-0.25, -0.2) is 19.2 Å². The third-order valence-electron chi connectivity index (χ3n) is 8.90. The fraction of sp³-hybridized carbons (Fsp3) is 0.784. The highest BCUT2D eigenvalue weighted by molar-refractivity contribution is 7.99. The molecule has 24 heteroatoms. The minimum atomic E-state index is -1.46. The minimum absolute atomic E-state index is 0.0112. The number of hydrogen-bond donors (Lipinski definition) is 0. The van der Waals surface area contributed by atoms with E-state index in [-0.39, 0.29) is 76.5 Å². The Labute approximate surface area is 369 Å². The van der Waals surface area contributed by atoms with Gasteiger partial charge in [-0.3, -0.25) is 19.2 Å². The summed E-state index contributed by atoms with van der Waals surface area (Å²) in [4.78, 5) is 96.4. The van der Waals surface area contributed by atoms with Crippen molar-refractivity contribution in [2.75, 3.05) is 98.9 Å². The summed E-state index contributed by atoms with van der Waals surface area (Å²) in [5.41, 5.74) is -1.46. The van der Waals surface area contributed by atoms with Crippen LogP contribution in [0.2, 0.25) is 0 Å². The van der Waals surface area contributed by atoms with Crippen molar-refractivity contribution in [2.45, 2.75) is 75.8 Å². The zero-order valence-electron chi connectivity index (χ0n) is 33.6. The standard InChI is InChI=1S/C37H52O20S4/c38-29(5-13-58-9-1-25-17-46-33(42)54-25)50-21-37(22-51-30(39)6-14-59-10-2-26-18-47-34(43)55-26,23-52-31(40)7-15-60-11-3-27-19-48-35(44)56-27)24-53-32(41)8-16-61-12-4-28-20-49-36(45)57-28/h25-28H,1-24H2. The Balaban J connectivity index is 1.29. The summed E-state index contributed by atoms with van der Waals surface area (Å²) >= 11 is 5.82. The van der Waals surface area contributed by atoms with E-state index >= 15 is 0 Å². The van der Waals surface area contributed by atoms with Crippen LogP contribution in [0.5, 0.6) is 0 Å². The number of thioether (sulfide) groups is 4. The molecule has 0 bridgehead atoms. The molecule has 0 aromatic rings. The van der Waals surface area contributed by atoms with E-state index in [4.69, 9.17) is 56.8 Å². The molecule has 0 aromatic heterocycles. The molecule has 4 aliphatic heterocycles. The number of esters is 4. The maximum Gasteiger partial charge on any atom is 0.508 e. The Bertz CT molecular complexity index is 1250. The molecule has 4 saturated heterocycles. The molecule has 4 unspecified atom stereocenters. The number of carbonyl (C=O) groups excluding carboxylic acids is 8. The molecule has 344 valence electrons. The van der Waals surface area contributed by atoms with Gasteiger partial charge in [-0.05, 0) is 48.7 Å². The molecule has 0 aromatic carbocycles. The average molecular weight is 945 g/mol. The van der Waals surface area contributed by atoms with Crippen LogP contribution in [0.4, 0.5) is 19.2 Å². The van der Waals surface area contributed by atoms with Gasteiger partial charge in [-0.15, -0.1) is 0 Å². The molecular weight excluding hydrogens is 893 g/mol. The van der Waals surface area contributed by atoms with Gasteiger partial charge in [0, 0.05) is 23.0 Å². The van der Waals surface area contributed by atoms with Gasteiger partial charge in [-0.2, -0.15) is 47.0 Å². The first kappa shape index (κ1) is 50.0. The van der Waals surface area contributed by atoms with E-state index in [0.717, 1.165) is 0 Å². The summed E-state index contributed by atoms with van der Waals surface area (Å²) in [7, 11) is 0. The largest absolute Gasteiger partial charge is 0.508 e. The van der Waals surface area contributed by atoms with Crippen molar-refractivity contribution in [1.82, 2.24) is 0 Å². The fourth-order valence-corrected chi connectivity index (χ4v) is 9.17. The number of cyclic esters (lactones) is 8. The van der Waals surface area contributed by atoms with Crippen LogP contribution >= 0.6 is 47.0 Å². The summed E-state index contributed by atoms with van der Waals surface area (Å²) in [6.45, 7) is -0.933. The maximum atomic E-state index is 13.0. The average Bonchev–Trinajstić information content (AvgIpc) is 4.06. The highest BCUT2D eigenvalue weighted by atomic mass is 32.2. The third-order valence-corrected chi connectivity index (χ3v) is 13.0. The van der Waals surface area contributed by atoms with Crippen molar-refractivity contribution in [3.8, 4) is 0 Å². The van der Waals surface area contributed by atoms with Crippen LogP contribution < -0.4 is 0 Å². The van der Waals surface area contributed by atoms with Crippen molar-refractivity contribution < 1.29 is 95.2 Å². The smallest absolute Gasteiger partial charge is 0.465 e. The zero-order valence-corrected chi connectivity index (χ0v) is 36.8. The quantitative estimate of drug-likeness (QED) is 0.0517. The summed E-state index contributed by atoms with van der Waals surface area (Å²) in [5.74, 6) is 1.61. The molecule has 0 amide bonds. The molecule has 4 rings (SSSR count). The first-order valence-electron chi connectivity index (χ1n) is 19.7. The van der Waals surface area contributed by atoms with Gasteiger partial charge in [0.15, 0.2) is 0 Å². The number of hydrogen-bond acceptors (Lipinski definition) is 24. The van der Waals surface area contributed by atoms with Crippen molar-refractivity contribution >= 4 is 95.5 Å². The molecule has 0 radical (unpaired) electrons. The molecule has 0 N–H and O–H groups in total. The van der Waals surface area contributed by atoms with Crippen LogP contribution in [0.3, 0.4) is 0 Å². The normalized spacial score (nSPS) is 21.4. The Morgan fingerprint density at radius 1 is 0.410 bits per heavy atom. The van der Waals surface area contributed by atoms with Crippen LogP contribution in [0.1, 0.15) is 51.4 Å². The third kappa shape index (κ3) is 21.3. The molecule has 61 heavy (non-hydrogen) atoms. The second kappa shape index (κ2) is 28.1. The van der Waals surface area contributed by atoms with E-state index in [0.29, 0.717) is 71.7 Å².